The van der Waals surface area contributed by atoms with Gasteiger partial charge >= 0.3 is 0 Å². The molecule has 2 fully saturated rings. The van der Waals surface area contributed by atoms with Gasteiger partial charge in [-0.25, -0.2) is 0 Å². The molecule has 0 aliphatic carbocycles. The molecular weight excluding hydrogens is 348 g/mol. The Hall–Kier alpha value is -2.12. The fourth-order valence-electron chi connectivity index (χ4n) is 3.43. The fraction of sp³-hybridized carbons (Fsp3) is 0.429. The van der Waals surface area contributed by atoms with Crippen molar-refractivity contribution in [2.45, 2.75) is 37.8 Å². The van der Waals surface area contributed by atoms with E-state index >= 15 is 0 Å². The summed E-state index contributed by atoms with van der Waals surface area (Å²) in [7, 11) is 1.62. The van der Waals surface area contributed by atoms with Gasteiger partial charge in [-0.2, -0.15) is 0 Å². The van der Waals surface area contributed by atoms with Crippen molar-refractivity contribution in [1.82, 2.24) is 0 Å². The van der Waals surface area contributed by atoms with Crippen molar-refractivity contribution in [2.24, 2.45) is 5.92 Å². The Bertz CT molecular complexity index is 732. The molecule has 0 aromatic heterocycles. The number of aliphatic hydroxyl groups is 1. The first-order chi connectivity index (χ1) is 13.2. The topological polar surface area (TPSA) is 66.4 Å². The second-order valence-electron chi connectivity index (χ2n) is 6.86. The van der Waals surface area contributed by atoms with Gasteiger partial charge in [-0.15, -0.1) is 0 Å². The monoisotopic (exact) mass is 372 g/mol. The third kappa shape index (κ3) is 3.80. The molecule has 0 saturated carbocycles. The van der Waals surface area contributed by atoms with Crippen LogP contribution in [0.2, 0.25) is 0 Å². The summed E-state index contributed by atoms with van der Waals surface area (Å²) in [6.45, 7) is 2.22. The Kier molecular flexibility index (Phi) is 5.31. The second-order valence-corrected chi connectivity index (χ2v) is 6.86. The summed E-state index contributed by atoms with van der Waals surface area (Å²) < 4.78 is 29.0. The van der Waals surface area contributed by atoms with Gasteiger partial charge in [0, 0.05) is 11.5 Å². The van der Waals surface area contributed by atoms with E-state index in [9.17, 15) is 5.11 Å². The summed E-state index contributed by atoms with van der Waals surface area (Å²) in [5.41, 5.74) is 0.924. The van der Waals surface area contributed by atoms with Crippen LogP contribution >= 0.6 is 0 Å². The molecule has 1 N–H and O–H groups in total. The summed E-state index contributed by atoms with van der Waals surface area (Å²) >= 11 is 0. The predicted molar refractivity (Wildman–Crippen MR) is 97.5 cm³/mol. The maximum absolute atomic E-state index is 10.8. The Morgan fingerprint density at radius 2 is 1.67 bits per heavy atom. The Labute approximate surface area is 158 Å². The number of hydrogen-bond donors (Lipinski definition) is 1. The average molecular weight is 372 g/mol. The molecule has 6 heteroatoms. The Balaban J connectivity index is 1.43. The molecule has 6 unspecified atom stereocenters. The van der Waals surface area contributed by atoms with Gasteiger partial charge in [0.2, 0.25) is 6.29 Å². The van der Waals surface area contributed by atoms with Crippen LogP contribution in [0.1, 0.15) is 18.8 Å². The summed E-state index contributed by atoms with van der Waals surface area (Å²) in [5, 5.41) is 10.8. The van der Waals surface area contributed by atoms with E-state index in [0.29, 0.717) is 12.4 Å². The summed E-state index contributed by atoms with van der Waals surface area (Å²) in [6.07, 6.45) is -2.66. The Morgan fingerprint density at radius 1 is 0.963 bits per heavy atom. The molecule has 2 aromatic carbocycles. The molecule has 2 heterocycles. The number of methoxy groups -OCH3 is 1. The number of fused-ring (bicyclic) bond motifs is 1. The highest BCUT2D eigenvalue weighted by Crippen LogP contribution is 2.36. The van der Waals surface area contributed by atoms with E-state index in [2.05, 4.69) is 0 Å². The molecule has 2 saturated heterocycles. The number of ether oxygens (including phenoxy) is 5. The van der Waals surface area contributed by atoms with E-state index in [1.807, 2.05) is 61.5 Å². The lowest BCUT2D eigenvalue weighted by molar-refractivity contribution is -0.340. The van der Waals surface area contributed by atoms with Crippen LogP contribution < -0.4 is 9.47 Å². The second kappa shape index (κ2) is 7.86. The lowest BCUT2D eigenvalue weighted by Crippen LogP contribution is -2.59. The first-order valence-corrected chi connectivity index (χ1v) is 9.12. The Morgan fingerprint density at radius 3 is 2.37 bits per heavy atom. The molecule has 6 atom stereocenters. The first kappa shape index (κ1) is 18.3. The zero-order valence-corrected chi connectivity index (χ0v) is 15.4. The fourth-order valence-corrected chi connectivity index (χ4v) is 3.43. The maximum atomic E-state index is 10.8. The quantitative estimate of drug-likeness (QED) is 0.890. The van der Waals surface area contributed by atoms with Crippen molar-refractivity contribution >= 4 is 0 Å². The van der Waals surface area contributed by atoms with Crippen molar-refractivity contribution in [2.75, 3.05) is 13.7 Å². The van der Waals surface area contributed by atoms with E-state index in [-0.39, 0.29) is 12.0 Å². The van der Waals surface area contributed by atoms with E-state index < -0.39 is 24.8 Å². The first-order valence-electron chi connectivity index (χ1n) is 9.12. The van der Waals surface area contributed by atoms with Crippen LogP contribution in [0.3, 0.4) is 0 Å². The SMILES string of the molecule is COc1ccc(OC2OC3COC(c4ccccc4)OC3C(O)C2C)cc1. The third-order valence-electron chi connectivity index (χ3n) is 5.06. The smallest absolute Gasteiger partial charge is 0.205 e. The molecular formula is C21H24O6. The molecule has 4 rings (SSSR count). The molecule has 6 nitrogen and oxygen atoms in total. The van der Waals surface area contributed by atoms with Crippen LogP contribution in [0.5, 0.6) is 11.5 Å². The van der Waals surface area contributed by atoms with Gasteiger partial charge < -0.3 is 28.8 Å². The minimum absolute atomic E-state index is 0.261. The lowest BCUT2D eigenvalue weighted by Gasteiger charge is -2.46. The van der Waals surface area contributed by atoms with E-state index in [4.69, 9.17) is 23.7 Å². The minimum Gasteiger partial charge on any atom is -0.497 e. The van der Waals surface area contributed by atoms with Gasteiger partial charge in [-0.1, -0.05) is 37.3 Å². The van der Waals surface area contributed by atoms with E-state index in [0.717, 1.165) is 11.3 Å². The van der Waals surface area contributed by atoms with E-state index in [1.165, 1.54) is 0 Å². The summed E-state index contributed by atoms with van der Waals surface area (Å²) in [5.74, 6) is 1.14. The minimum atomic E-state index is -0.720. The number of benzene rings is 2. The zero-order valence-electron chi connectivity index (χ0n) is 15.4. The molecule has 2 aromatic rings. The van der Waals surface area contributed by atoms with Crippen LogP contribution in [0, 0.1) is 5.92 Å². The van der Waals surface area contributed by atoms with Gasteiger partial charge in [0.05, 0.1) is 19.8 Å². The largest absolute Gasteiger partial charge is 0.497 e. The highest BCUT2D eigenvalue weighted by atomic mass is 16.7. The molecule has 2 aliphatic rings. The van der Waals surface area contributed by atoms with Crippen molar-refractivity contribution < 1.29 is 28.8 Å². The third-order valence-corrected chi connectivity index (χ3v) is 5.06. The number of aliphatic hydroxyl groups excluding tert-OH is 1. The molecule has 0 bridgehead atoms. The average Bonchev–Trinajstić information content (AvgIpc) is 2.73. The number of hydrogen-bond acceptors (Lipinski definition) is 6. The van der Waals surface area contributed by atoms with Crippen LogP contribution in [0.25, 0.3) is 0 Å². The highest BCUT2D eigenvalue weighted by molar-refractivity contribution is 5.31. The van der Waals surface area contributed by atoms with Crippen molar-refractivity contribution in [1.29, 1.82) is 0 Å². The standard InChI is InChI=1S/C21H24O6/c1-13-18(22)19-17(12-24-21(27-19)14-6-4-3-5-7-14)26-20(13)25-16-10-8-15(23-2)9-11-16/h3-11,13,17-22H,12H2,1-2H3. The van der Waals surface area contributed by atoms with Crippen LogP contribution in [0.4, 0.5) is 0 Å². The van der Waals surface area contributed by atoms with Crippen LogP contribution in [-0.2, 0) is 14.2 Å². The molecule has 2 aliphatic heterocycles. The van der Waals surface area contributed by atoms with Crippen LogP contribution in [-0.4, -0.2) is 43.4 Å². The predicted octanol–water partition coefficient (Wildman–Crippen LogP) is 2.91. The van der Waals surface area contributed by atoms with Gasteiger partial charge in [0.15, 0.2) is 6.29 Å². The molecule has 0 radical (unpaired) electrons. The van der Waals surface area contributed by atoms with Crippen molar-refractivity contribution in [3.8, 4) is 11.5 Å². The maximum Gasteiger partial charge on any atom is 0.205 e. The molecule has 27 heavy (non-hydrogen) atoms. The lowest BCUT2D eigenvalue weighted by atomic mass is 9.91. The molecule has 0 spiro atoms. The van der Waals surface area contributed by atoms with Crippen LogP contribution in [0.15, 0.2) is 54.6 Å². The zero-order chi connectivity index (χ0) is 18.8. The summed E-state index contributed by atoms with van der Waals surface area (Å²) in [6, 6.07) is 17.0. The molecule has 144 valence electrons. The van der Waals surface area contributed by atoms with Gasteiger partial charge in [-0.3, -0.25) is 0 Å². The highest BCUT2D eigenvalue weighted by Gasteiger charge is 2.48. The van der Waals surface area contributed by atoms with Gasteiger partial charge in [0.1, 0.15) is 23.7 Å². The summed E-state index contributed by atoms with van der Waals surface area (Å²) in [4.78, 5) is 0. The van der Waals surface area contributed by atoms with Crippen molar-refractivity contribution in [3.63, 3.8) is 0 Å². The van der Waals surface area contributed by atoms with Gasteiger partial charge in [-0.05, 0) is 24.3 Å². The van der Waals surface area contributed by atoms with E-state index in [1.54, 1.807) is 7.11 Å². The van der Waals surface area contributed by atoms with Gasteiger partial charge in [0.25, 0.3) is 0 Å². The molecule has 0 amide bonds. The number of rotatable bonds is 4. The normalized spacial score (nSPS) is 33.1. The van der Waals surface area contributed by atoms with Crippen molar-refractivity contribution in [3.05, 3.63) is 60.2 Å².